The van der Waals surface area contributed by atoms with Gasteiger partial charge in [-0.1, -0.05) is 17.7 Å². The van der Waals surface area contributed by atoms with Crippen molar-refractivity contribution in [3.63, 3.8) is 0 Å². The van der Waals surface area contributed by atoms with Crippen molar-refractivity contribution in [1.29, 1.82) is 0 Å². The summed E-state index contributed by atoms with van der Waals surface area (Å²) in [5.74, 6) is 1.05. The molecule has 0 fully saturated rings. The lowest BCUT2D eigenvalue weighted by Crippen LogP contribution is -2.54. The van der Waals surface area contributed by atoms with Gasteiger partial charge < -0.3 is 15.2 Å². The molecular weight excluding hydrogens is 338 g/mol. The average Bonchev–Trinajstić information content (AvgIpc) is 2.56. The molecule has 0 bridgehead atoms. The Hall–Kier alpha value is -1.76. The first-order valence-corrected chi connectivity index (χ1v) is 8.87. The molecule has 2 rings (SSSR count). The lowest BCUT2D eigenvalue weighted by atomic mass is 10.1. The van der Waals surface area contributed by atoms with Crippen LogP contribution in [-0.2, 0) is 9.84 Å². The second-order valence-electron chi connectivity index (χ2n) is 4.88. The van der Waals surface area contributed by atoms with Crippen molar-refractivity contribution < 1.29 is 23.6 Å². The molecule has 124 valence electrons. The molecule has 0 spiro atoms. The van der Waals surface area contributed by atoms with E-state index in [0.29, 0.717) is 22.1 Å². The number of methoxy groups -OCH3 is 2. The second-order valence-corrected chi connectivity index (χ2v) is 7.45. The molecule has 0 heterocycles. The molecule has 0 saturated heterocycles. The van der Waals surface area contributed by atoms with Crippen LogP contribution in [0, 0.1) is 0 Å². The third kappa shape index (κ3) is 3.60. The maximum atomic E-state index is 12.9. The fourth-order valence-corrected chi connectivity index (χ4v) is 4.16. The lowest BCUT2D eigenvalue weighted by Gasteiger charge is -2.18. The molecule has 1 atom stereocenters. The van der Waals surface area contributed by atoms with Crippen molar-refractivity contribution >= 4 is 21.4 Å². The van der Waals surface area contributed by atoms with Gasteiger partial charge in [-0.05, 0) is 30.3 Å². The van der Waals surface area contributed by atoms with E-state index in [0.717, 1.165) is 0 Å². The van der Waals surface area contributed by atoms with Crippen LogP contribution in [0.5, 0.6) is 11.5 Å². The highest BCUT2D eigenvalue weighted by Gasteiger charge is 2.32. The molecule has 5 nitrogen and oxygen atoms in total. The Morgan fingerprint density at radius 2 is 1.74 bits per heavy atom. The fourth-order valence-electron chi connectivity index (χ4n) is 2.35. The molecule has 7 heteroatoms. The summed E-state index contributed by atoms with van der Waals surface area (Å²) in [5, 5.41) is -0.332. The largest absolute Gasteiger partial charge is 0.497 e. The molecule has 0 unspecified atom stereocenters. The van der Waals surface area contributed by atoms with E-state index in [1.165, 1.54) is 26.4 Å². The highest BCUT2D eigenvalue weighted by molar-refractivity contribution is 7.91. The van der Waals surface area contributed by atoms with Crippen LogP contribution >= 0.6 is 11.6 Å². The van der Waals surface area contributed by atoms with Crippen molar-refractivity contribution in [2.45, 2.75) is 10.1 Å². The Balaban J connectivity index is 2.52. The quantitative estimate of drug-likeness (QED) is 0.859. The Morgan fingerprint density at radius 1 is 1.09 bits per heavy atom. The Bertz CT molecular complexity index is 775. The third-order valence-corrected chi connectivity index (χ3v) is 5.99. The molecule has 0 aliphatic carbocycles. The normalized spacial score (nSPS) is 12.7. The average molecular weight is 357 g/mol. The molecular formula is C16H19ClNO4S+. The van der Waals surface area contributed by atoms with Crippen LogP contribution in [0.1, 0.15) is 10.8 Å². The van der Waals surface area contributed by atoms with Gasteiger partial charge in [0.05, 0.1) is 25.7 Å². The van der Waals surface area contributed by atoms with E-state index in [2.05, 4.69) is 5.73 Å². The van der Waals surface area contributed by atoms with Gasteiger partial charge >= 0.3 is 0 Å². The summed E-state index contributed by atoms with van der Waals surface area (Å²) in [6.45, 7) is 0.174. The first-order valence-electron chi connectivity index (χ1n) is 6.94. The lowest BCUT2D eigenvalue weighted by molar-refractivity contribution is -0.367. The fraction of sp³-hybridized carbons (Fsp3) is 0.250. The number of halogens is 1. The van der Waals surface area contributed by atoms with Gasteiger partial charge in [0, 0.05) is 16.7 Å². The van der Waals surface area contributed by atoms with Crippen LogP contribution in [0.15, 0.2) is 47.4 Å². The van der Waals surface area contributed by atoms with E-state index in [1.54, 1.807) is 30.3 Å². The molecule has 23 heavy (non-hydrogen) atoms. The van der Waals surface area contributed by atoms with E-state index in [4.69, 9.17) is 21.1 Å². The van der Waals surface area contributed by atoms with Gasteiger partial charge in [0.1, 0.15) is 16.7 Å². The summed E-state index contributed by atoms with van der Waals surface area (Å²) in [4.78, 5) is 0.202. The summed E-state index contributed by atoms with van der Waals surface area (Å²) < 4.78 is 36.3. The molecule has 0 aliphatic rings. The number of ether oxygens (including phenoxy) is 2. The van der Waals surface area contributed by atoms with Gasteiger partial charge in [-0.3, -0.25) is 0 Å². The van der Waals surface area contributed by atoms with Gasteiger partial charge in [-0.15, -0.1) is 0 Å². The first kappa shape index (κ1) is 17.6. The van der Waals surface area contributed by atoms with Crippen LogP contribution in [0.4, 0.5) is 0 Å². The Kier molecular flexibility index (Phi) is 5.51. The monoisotopic (exact) mass is 356 g/mol. The van der Waals surface area contributed by atoms with Gasteiger partial charge in [0.15, 0.2) is 9.84 Å². The number of rotatable bonds is 6. The minimum atomic E-state index is -3.62. The molecule has 3 N–H and O–H groups in total. The molecule has 0 aromatic heterocycles. The predicted octanol–water partition coefficient (Wildman–Crippen LogP) is 2.11. The third-order valence-electron chi connectivity index (χ3n) is 3.57. The summed E-state index contributed by atoms with van der Waals surface area (Å²) in [5.41, 5.74) is 4.35. The smallest absolute Gasteiger partial charge is 0.191 e. The Morgan fingerprint density at radius 3 is 2.26 bits per heavy atom. The first-order chi connectivity index (χ1) is 10.9. The standard InChI is InChI=1S/C16H18ClNO4S/c1-21-12-5-8-14(15(9-12)22-2)16(10-18)23(19,20)13-6-3-11(17)4-7-13/h3-9,16H,10,18H2,1-2H3/p+1/t16-/m1/s1. The summed E-state index contributed by atoms with van der Waals surface area (Å²) >= 11 is 5.83. The van der Waals surface area contributed by atoms with E-state index < -0.39 is 15.1 Å². The number of quaternary nitrogens is 1. The van der Waals surface area contributed by atoms with E-state index in [-0.39, 0.29) is 11.4 Å². The predicted molar refractivity (Wildman–Crippen MR) is 88.7 cm³/mol. The van der Waals surface area contributed by atoms with Crippen LogP contribution in [0.3, 0.4) is 0 Å². The highest BCUT2D eigenvalue weighted by atomic mass is 35.5. The summed E-state index contributed by atoms with van der Waals surface area (Å²) in [7, 11) is -0.582. The zero-order valence-electron chi connectivity index (χ0n) is 13.0. The van der Waals surface area contributed by atoms with Gasteiger partial charge in [0.2, 0.25) is 0 Å². The van der Waals surface area contributed by atoms with Crippen LogP contribution in [0.2, 0.25) is 5.02 Å². The van der Waals surface area contributed by atoms with E-state index in [9.17, 15) is 8.42 Å². The molecule has 0 radical (unpaired) electrons. The minimum Gasteiger partial charge on any atom is -0.497 e. The minimum absolute atomic E-state index is 0.174. The second kappa shape index (κ2) is 7.21. The highest BCUT2D eigenvalue weighted by Crippen LogP contribution is 2.36. The van der Waals surface area contributed by atoms with Gasteiger partial charge in [-0.25, -0.2) is 8.42 Å². The number of benzene rings is 2. The van der Waals surface area contributed by atoms with Crippen molar-refractivity contribution in [3.05, 3.63) is 53.1 Å². The van der Waals surface area contributed by atoms with Crippen LogP contribution in [-0.4, -0.2) is 29.2 Å². The molecule has 0 aliphatic heterocycles. The molecule has 0 amide bonds. The van der Waals surface area contributed by atoms with Gasteiger partial charge in [0.25, 0.3) is 0 Å². The van der Waals surface area contributed by atoms with Crippen LogP contribution < -0.4 is 15.2 Å². The zero-order chi connectivity index (χ0) is 17.0. The number of hydrogen-bond donors (Lipinski definition) is 1. The maximum Gasteiger partial charge on any atom is 0.191 e. The molecule has 2 aromatic carbocycles. The van der Waals surface area contributed by atoms with E-state index in [1.807, 2.05) is 0 Å². The number of hydrogen-bond acceptors (Lipinski definition) is 4. The van der Waals surface area contributed by atoms with Crippen LogP contribution in [0.25, 0.3) is 0 Å². The van der Waals surface area contributed by atoms with Crippen molar-refractivity contribution in [2.24, 2.45) is 0 Å². The maximum absolute atomic E-state index is 12.9. The molecule has 2 aromatic rings. The van der Waals surface area contributed by atoms with E-state index >= 15 is 0 Å². The van der Waals surface area contributed by atoms with Crippen molar-refractivity contribution in [1.82, 2.24) is 0 Å². The van der Waals surface area contributed by atoms with Crippen molar-refractivity contribution in [2.75, 3.05) is 20.8 Å². The topological polar surface area (TPSA) is 80.2 Å². The SMILES string of the molecule is COc1ccc([C@@H](C[NH3+])S(=O)(=O)c2ccc(Cl)cc2)c(OC)c1. The Labute approximate surface area is 140 Å². The zero-order valence-corrected chi connectivity index (χ0v) is 14.5. The number of sulfone groups is 1. The molecule has 0 saturated carbocycles. The summed E-state index contributed by atoms with van der Waals surface area (Å²) in [6, 6.07) is 11.2. The van der Waals surface area contributed by atoms with Gasteiger partial charge in [-0.2, -0.15) is 0 Å². The summed E-state index contributed by atoms with van der Waals surface area (Å²) in [6.07, 6.45) is 0. The van der Waals surface area contributed by atoms with Crippen molar-refractivity contribution in [3.8, 4) is 11.5 Å².